The molecular formula is C34H28FN3O5. The van der Waals surface area contributed by atoms with Gasteiger partial charge in [0.25, 0.3) is 0 Å². The van der Waals surface area contributed by atoms with Gasteiger partial charge in [-0.3, -0.25) is 0 Å². The van der Waals surface area contributed by atoms with E-state index in [9.17, 15) is 14.3 Å². The fraction of sp³-hybridized carbons (Fsp3) is 0.206. The molecule has 6 bridgehead atoms. The van der Waals surface area contributed by atoms with Crippen LogP contribution in [-0.4, -0.2) is 37.9 Å². The summed E-state index contributed by atoms with van der Waals surface area (Å²) in [5.41, 5.74) is 4.76. The Labute approximate surface area is 247 Å². The highest BCUT2D eigenvalue weighted by Gasteiger charge is 2.33. The fourth-order valence-electron chi connectivity index (χ4n) is 5.07. The Morgan fingerprint density at radius 1 is 1.05 bits per heavy atom. The van der Waals surface area contributed by atoms with E-state index in [4.69, 9.17) is 24.3 Å². The number of aromatic nitrogens is 3. The average molecular weight is 578 g/mol. The third kappa shape index (κ3) is 5.65. The molecule has 3 aromatic carbocycles. The van der Waals surface area contributed by atoms with Crippen LogP contribution in [0.5, 0.6) is 11.5 Å². The second kappa shape index (κ2) is 10.9. The molecule has 43 heavy (non-hydrogen) atoms. The second-order valence-electron chi connectivity index (χ2n) is 11.1. The number of hydrogen-bond acceptors (Lipinski definition) is 6. The number of nitrogens with zero attached hydrogens (tertiary/aromatic N) is 3. The zero-order valence-corrected chi connectivity index (χ0v) is 24.0. The number of carboxylic acid groups (broad SMARTS) is 1. The summed E-state index contributed by atoms with van der Waals surface area (Å²) in [5, 5.41) is 15.2. The van der Waals surface area contributed by atoms with Gasteiger partial charge in [0.05, 0.1) is 17.0 Å². The highest BCUT2D eigenvalue weighted by molar-refractivity contribution is 5.81. The Morgan fingerprint density at radius 3 is 2.56 bits per heavy atom. The van der Waals surface area contributed by atoms with Crippen molar-refractivity contribution in [1.29, 1.82) is 0 Å². The van der Waals surface area contributed by atoms with Crippen LogP contribution in [0.2, 0.25) is 0 Å². The van der Waals surface area contributed by atoms with Crippen molar-refractivity contribution in [3.8, 4) is 57.2 Å². The molecule has 216 valence electrons. The maximum Gasteiger partial charge on any atom is 0.337 e. The molecule has 8 nitrogen and oxygen atoms in total. The number of halogens is 1. The maximum absolute atomic E-state index is 14.2. The molecule has 1 atom stereocenters. The van der Waals surface area contributed by atoms with E-state index < -0.39 is 23.5 Å². The number of benzene rings is 3. The van der Waals surface area contributed by atoms with E-state index in [1.54, 1.807) is 29.6 Å². The fourth-order valence-corrected chi connectivity index (χ4v) is 5.07. The van der Waals surface area contributed by atoms with Gasteiger partial charge in [0.15, 0.2) is 24.1 Å². The van der Waals surface area contributed by atoms with Gasteiger partial charge in [0, 0.05) is 40.1 Å². The minimum absolute atomic E-state index is 0.0341. The Balaban J connectivity index is 1.62. The highest BCUT2D eigenvalue weighted by Crippen LogP contribution is 2.38. The predicted molar refractivity (Wildman–Crippen MR) is 159 cm³/mol. The van der Waals surface area contributed by atoms with E-state index in [0.29, 0.717) is 45.2 Å². The summed E-state index contributed by atoms with van der Waals surface area (Å²) in [5.74, 6) is 2.04. The van der Waals surface area contributed by atoms with Gasteiger partial charge in [0.2, 0.25) is 0 Å². The summed E-state index contributed by atoms with van der Waals surface area (Å²) in [4.78, 5) is 17.4. The molecule has 0 aliphatic carbocycles. The first-order valence-corrected chi connectivity index (χ1v) is 13.7. The zero-order valence-electron chi connectivity index (χ0n) is 24.0. The van der Waals surface area contributed by atoms with E-state index >= 15 is 0 Å². The number of hydrogen-bond donors (Lipinski definition) is 1. The molecule has 5 aromatic rings. The van der Waals surface area contributed by atoms with Crippen molar-refractivity contribution in [3.63, 3.8) is 0 Å². The number of carboxylic acids is 1. The summed E-state index contributed by atoms with van der Waals surface area (Å²) < 4.78 is 33.3. The molecule has 0 spiro atoms. The molecule has 0 amide bonds. The Morgan fingerprint density at radius 2 is 1.81 bits per heavy atom. The molecular weight excluding hydrogens is 549 g/mol. The molecule has 0 fully saturated rings. The number of ether oxygens (including phenoxy) is 3. The van der Waals surface area contributed by atoms with Crippen LogP contribution in [0, 0.1) is 24.8 Å². The molecule has 4 heterocycles. The lowest BCUT2D eigenvalue weighted by molar-refractivity contribution is -0.160. The Hall–Kier alpha value is -5.20. The number of carbonyl (C=O) groups is 1. The third-order valence-electron chi connectivity index (χ3n) is 6.87. The summed E-state index contributed by atoms with van der Waals surface area (Å²) >= 11 is 0. The summed E-state index contributed by atoms with van der Waals surface area (Å²) in [6.45, 7) is 7.24. The first kappa shape index (κ1) is 27.9. The van der Waals surface area contributed by atoms with E-state index in [2.05, 4.69) is 12.0 Å². The normalized spacial score (nSPS) is 13.2. The number of aryl methyl sites for hydroxylation is 1. The average Bonchev–Trinajstić information content (AvgIpc) is 3.38. The molecule has 2 aliphatic heterocycles. The van der Waals surface area contributed by atoms with Gasteiger partial charge in [-0.25, -0.2) is 18.7 Å². The van der Waals surface area contributed by atoms with Gasteiger partial charge in [-0.15, -0.1) is 0 Å². The Bertz CT molecular complexity index is 1930. The van der Waals surface area contributed by atoms with Crippen LogP contribution in [0.15, 0.2) is 72.8 Å². The summed E-state index contributed by atoms with van der Waals surface area (Å²) in [6, 6.07) is 20.9. The highest BCUT2D eigenvalue weighted by atomic mass is 19.1. The lowest BCUT2D eigenvalue weighted by atomic mass is 9.98. The lowest BCUT2D eigenvalue weighted by Gasteiger charge is -2.27. The largest absolute Gasteiger partial charge is 0.481 e. The second-order valence-corrected chi connectivity index (χ2v) is 11.1. The van der Waals surface area contributed by atoms with Crippen molar-refractivity contribution in [3.05, 3.63) is 89.9 Å². The van der Waals surface area contributed by atoms with Crippen molar-refractivity contribution < 1.29 is 28.5 Å². The van der Waals surface area contributed by atoms with Gasteiger partial charge in [-0.1, -0.05) is 18.2 Å². The van der Waals surface area contributed by atoms with Gasteiger partial charge in [-0.2, -0.15) is 5.10 Å². The minimum Gasteiger partial charge on any atom is -0.481 e. The number of aliphatic carboxylic acids is 1. The van der Waals surface area contributed by atoms with Crippen LogP contribution < -0.4 is 9.47 Å². The first-order chi connectivity index (χ1) is 20.6. The van der Waals surface area contributed by atoms with Crippen LogP contribution in [-0.2, 0) is 9.53 Å². The zero-order chi connectivity index (χ0) is 30.3. The van der Waals surface area contributed by atoms with Gasteiger partial charge in [0.1, 0.15) is 17.7 Å². The summed E-state index contributed by atoms with van der Waals surface area (Å²) in [7, 11) is 0. The van der Waals surface area contributed by atoms with E-state index in [-0.39, 0.29) is 12.4 Å². The topological polar surface area (TPSA) is 95.2 Å². The minimum atomic E-state index is -1.30. The molecule has 0 saturated heterocycles. The SMILES string of the molecule is Cc1nc2cc3nn2c(c1[C@H](OC(C)(C)C)C(=O)O)-c1ccc(cc1)OCC#COc1cc(F)ccc1-c1cccc-3c1. The monoisotopic (exact) mass is 577 g/mol. The van der Waals surface area contributed by atoms with Gasteiger partial charge < -0.3 is 19.3 Å². The standard InChI is InChI=1S/C34H28FN3O5/c1-20-30(32(33(39)40)43-34(2,3)4)31-21-9-12-25(13-10-21)41-15-6-16-42-28-18-24(35)11-14-26(28)22-7-5-8-23(17-22)27-19-29(36-20)38(31)37-27/h5,7-14,17-19,32H,15H2,1-4H3,(H,39,40)/t32-/m0/s1. The first-order valence-electron chi connectivity index (χ1n) is 13.7. The lowest BCUT2D eigenvalue weighted by Crippen LogP contribution is -2.29. The van der Waals surface area contributed by atoms with E-state index in [0.717, 1.165) is 11.1 Å². The quantitative estimate of drug-likeness (QED) is 0.234. The Kier molecular flexibility index (Phi) is 7.08. The molecule has 7 rings (SSSR count). The van der Waals surface area contributed by atoms with Crippen molar-refractivity contribution in [2.24, 2.45) is 0 Å². The predicted octanol–water partition coefficient (Wildman–Crippen LogP) is 6.85. The molecule has 2 aromatic heterocycles. The van der Waals surface area contributed by atoms with Gasteiger partial charge in [-0.05, 0) is 81.6 Å². The van der Waals surface area contributed by atoms with Crippen molar-refractivity contribution >= 4 is 11.6 Å². The smallest absolute Gasteiger partial charge is 0.337 e. The summed E-state index contributed by atoms with van der Waals surface area (Å²) in [6.07, 6.45) is 1.31. The van der Waals surface area contributed by atoms with Crippen molar-refractivity contribution in [1.82, 2.24) is 14.6 Å². The number of fused-ring (bicyclic) bond motifs is 5. The maximum atomic E-state index is 14.2. The molecule has 0 unspecified atom stereocenters. The van der Waals surface area contributed by atoms with E-state index in [1.807, 2.05) is 63.2 Å². The molecule has 2 aliphatic rings. The third-order valence-corrected chi connectivity index (χ3v) is 6.87. The van der Waals surface area contributed by atoms with E-state index in [1.165, 1.54) is 12.1 Å². The van der Waals surface area contributed by atoms with Crippen LogP contribution in [0.4, 0.5) is 4.39 Å². The van der Waals surface area contributed by atoms with Crippen molar-refractivity contribution in [2.45, 2.75) is 39.4 Å². The molecule has 1 N–H and O–H groups in total. The van der Waals surface area contributed by atoms with Crippen LogP contribution in [0.1, 0.15) is 38.1 Å². The van der Waals surface area contributed by atoms with Crippen molar-refractivity contribution in [2.75, 3.05) is 6.61 Å². The van der Waals surface area contributed by atoms with Gasteiger partial charge >= 0.3 is 5.97 Å². The van der Waals surface area contributed by atoms with Crippen LogP contribution in [0.25, 0.3) is 39.3 Å². The number of rotatable bonds is 3. The van der Waals surface area contributed by atoms with Crippen LogP contribution in [0.3, 0.4) is 0 Å². The molecule has 9 heteroatoms. The molecule has 0 saturated carbocycles. The van der Waals surface area contributed by atoms with Crippen LogP contribution >= 0.6 is 0 Å². The molecule has 0 radical (unpaired) electrons.